The molecule has 0 saturated heterocycles. The van der Waals surface area contributed by atoms with Gasteiger partial charge in [-0.3, -0.25) is 0 Å². The Morgan fingerprint density at radius 1 is 1.19 bits per heavy atom. The van der Waals surface area contributed by atoms with E-state index in [2.05, 4.69) is 15.0 Å². The highest BCUT2D eigenvalue weighted by molar-refractivity contribution is 5.90. The van der Waals surface area contributed by atoms with Crippen molar-refractivity contribution in [3.05, 3.63) is 53.2 Å². The van der Waals surface area contributed by atoms with Crippen LogP contribution < -0.4 is 10.1 Å². The summed E-state index contributed by atoms with van der Waals surface area (Å²) >= 11 is 0. The Morgan fingerprint density at radius 3 is 2.48 bits per heavy atom. The molecule has 21 heavy (non-hydrogen) atoms. The molecular formula is C16H18N2O3. The molecule has 1 heterocycles. The molecule has 1 aromatic heterocycles. The van der Waals surface area contributed by atoms with Crippen molar-refractivity contribution >= 4 is 5.97 Å². The number of carbonyl (C=O) groups is 1. The van der Waals surface area contributed by atoms with E-state index in [-0.39, 0.29) is 0 Å². The highest BCUT2D eigenvalue weighted by Crippen LogP contribution is 2.21. The van der Waals surface area contributed by atoms with Gasteiger partial charge in [-0.2, -0.15) is 0 Å². The molecule has 0 aliphatic carbocycles. The normalized spacial score (nSPS) is 10.2. The Bertz CT molecular complexity index is 624. The minimum Gasteiger partial charge on any atom is -0.465 e. The first-order valence-electron chi connectivity index (χ1n) is 6.61. The van der Waals surface area contributed by atoms with Gasteiger partial charge in [-0.15, -0.1) is 0 Å². The number of aryl methyl sites for hydroxylation is 1. The molecule has 0 bridgehead atoms. The van der Waals surface area contributed by atoms with Crippen LogP contribution in [0.15, 0.2) is 36.4 Å². The van der Waals surface area contributed by atoms with Crippen molar-refractivity contribution in [2.75, 3.05) is 14.2 Å². The first-order valence-corrected chi connectivity index (χ1v) is 6.61. The smallest absolute Gasteiger partial charge is 0.339 e. The topological polar surface area (TPSA) is 60.5 Å². The number of nitrogens with zero attached hydrogens (tertiary/aromatic N) is 1. The number of carbonyl (C=O) groups excluding carboxylic acids is 1. The van der Waals surface area contributed by atoms with E-state index in [0.29, 0.717) is 22.9 Å². The van der Waals surface area contributed by atoms with Crippen LogP contribution in [0.2, 0.25) is 0 Å². The molecule has 2 rings (SSSR count). The predicted molar refractivity (Wildman–Crippen MR) is 79.6 cm³/mol. The first-order chi connectivity index (χ1) is 10.1. The van der Waals surface area contributed by atoms with Crippen LogP contribution in [0.25, 0.3) is 0 Å². The zero-order chi connectivity index (χ0) is 15.2. The van der Waals surface area contributed by atoms with Crippen LogP contribution in [-0.2, 0) is 11.3 Å². The maximum absolute atomic E-state index is 11.5. The third kappa shape index (κ3) is 3.79. The lowest BCUT2D eigenvalue weighted by Gasteiger charge is -2.08. The van der Waals surface area contributed by atoms with E-state index in [1.165, 1.54) is 12.7 Å². The van der Waals surface area contributed by atoms with E-state index < -0.39 is 5.97 Å². The van der Waals surface area contributed by atoms with Gasteiger partial charge in [0.15, 0.2) is 0 Å². The summed E-state index contributed by atoms with van der Waals surface area (Å²) in [6.07, 6.45) is 0. The van der Waals surface area contributed by atoms with E-state index in [1.54, 1.807) is 19.1 Å². The van der Waals surface area contributed by atoms with E-state index in [4.69, 9.17) is 4.74 Å². The van der Waals surface area contributed by atoms with Gasteiger partial charge < -0.3 is 14.8 Å². The van der Waals surface area contributed by atoms with Crippen LogP contribution >= 0.6 is 0 Å². The van der Waals surface area contributed by atoms with Crippen molar-refractivity contribution in [3.8, 4) is 11.6 Å². The van der Waals surface area contributed by atoms with Crippen LogP contribution in [0, 0.1) is 6.92 Å². The van der Waals surface area contributed by atoms with Gasteiger partial charge in [0.1, 0.15) is 5.75 Å². The van der Waals surface area contributed by atoms with Crippen molar-refractivity contribution in [1.29, 1.82) is 0 Å². The second kappa shape index (κ2) is 6.85. The third-order valence-corrected chi connectivity index (χ3v) is 2.99. The summed E-state index contributed by atoms with van der Waals surface area (Å²) in [6.45, 7) is 2.56. The lowest BCUT2D eigenvalue weighted by atomic mass is 10.2. The van der Waals surface area contributed by atoms with Gasteiger partial charge >= 0.3 is 5.97 Å². The first kappa shape index (κ1) is 15.0. The molecule has 0 aliphatic heterocycles. The van der Waals surface area contributed by atoms with Gasteiger partial charge in [-0.25, -0.2) is 9.78 Å². The number of ether oxygens (including phenoxy) is 2. The summed E-state index contributed by atoms with van der Waals surface area (Å²) in [5, 5.41) is 3.09. The molecule has 5 heteroatoms. The number of benzene rings is 1. The van der Waals surface area contributed by atoms with Crippen LogP contribution in [0.4, 0.5) is 0 Å². The quantitative estimate of drug-likeness (QED) is 0.856. The Balaban J connectivity index is 2.12. The minimum absolute atomic E-state index is 0.400. The van der Waals surface area contributed by atoms with Gasteiger partial charge in [0.2, 0.25) is 5.88 Å². The van der Waals surface area contributed by atoms with Crippen molar-refractivity contribution in [1.82, 2.24) is 10.3 Å². The average Bonchev–Trinajstić information content (AvgIpc) is 2.49. The molecule has 0 saturated carbocycles. The molecule has 0 aliphatic rings. The third-order valence-electron chi connectivity index (χ3n) is 2.99. The molecule has 0 unspecified atom stereocenters. The van der Waals surface area contributed by atoms with Crippen molar-refractivity contribution in [2.45, 2.75) is 13.5 Å². The van der Waals surface area contributed by atoms with E-state index in [1.807, 2.05) is 31.3 Å². The van der Waals surface area contributed by atoms with Crippen LogP contribution in [-0.4, -0.2) is 25.1 Å². The Morgan fingerprint density at radius 2 is 1.90 bits per heavy atom. The molecule has 0 radical (unpaired) electrons. The molecule has 5 nitrogen and oxygen atoms in total. The second-order valence-electron chi connectivity index (χ2n) is 4.55. The second-order valence-corrected chi connectivity index (χ2v) is 4.55. The molecular weight excluding hydrogens is 268 g/mol. The summed E-state index contributed by atoms with van der Waals surface area (Å²) in [5.41, 5.74) is 2.19. The predicted octanol–water partition coefficient (Wildman–Crippen LogP) is 2.69. The molecule has 110 valence electrons. The van der Waals surface area contributed by atoms with E-state index in [0.717, 1.165) is 6.54 Å². The highest BCUT2D eigenvalue weighted by Gasteiger charge is 2.11. The Kier molecular flexibility index (Phi) is 4.90. The molecule has 0 atom stereocenters. The summed E-state index contributed by atoms with van der Waals surface area (Å²) in [5.74, 6) is 0.747. The van der Waals surface area contributed by atoms with Gasteiger partial charge in [0.05, 0.1) is 18.4 Å². The zero-order valence-corrected chi connectivity index (χ0v) is 12.3. The van der Waals surface area contributed by atoms with Crippen LogP contribution in [0.3, 0.4) is 0 Å². The number of nitrogens with one attached hydrogen (secondary N) is 1. The van der Waals surface area contributed by atoms with E-state index >= 15 is 0 Å². The number of esters is 1. The van der Waals surface area contributed by atoms with Gasteiger partial charge in [-0.1, -0.05) is 12.1 Å². The molecule has 1 aromatic carbocycles. The lowest BCUT2D eigenvalue weighted by Crippen LogP contribution is -2.05. The maximum Gasteiger partial charge on any atom is 0.339 e. The van der Waals surface area contributed by atoms with Crippen LogP contribution in [0.1, 0.15) is 21.6 Å². The van der Waals surface area contributed by atoms with Crippen molar-refractivity contribution in [2.24, 2.45) is 0 Å². The number of aromatic nitrogens is 1. The highest BCUT2D eigenvalue weighted by atomic mass is 16.5. The minimum atomic E-state index is -0.400. The molecule has 0 spiro atoms. The lowest BCUT2D eigenvalue weighted by molar-refractivity contribution is 0.0599. The summed E-state index contributed by atoms with van der Waals surface area (Å²) in [7, 11) is 3.25. The fraction of sp³-hybridized carbons (Fsp3) is 0.250. The van der Waals surface area contributed by atoms with Gasteiger partial charge in [0, 0.05) is 12.6 Å². The summed E-state index contributed by atoms with van der Waals surface area (Å²) in [6, 6.07) is 11.1. The largest absolute Gasteiger partial charge is 0.465 e. The number of pyridine rings is 1. The van der Waals surface area contributed by atoms with Crippen molar-refractivity contribution in [3.63, 3.8) is 0 Å². The number of methoxy groups -OCH3 is 1. The van der Waals surface area contributed by atoms with Crippen molar-refractivity contribution < 1.29 is 14.3 Å². The average molecular weight is 286 g/mol. The number of hydrogen-bond donors (Lipinski definition) is 1. The van der Waals surface area contributed by atoms with E-state index in [9.17, 15) is 4.79 Å². The van der Waals surface area contributed by atoms with Gasteiger partial charge in [0.25, 0.3) is 0 Å². The Hall–Kier alpha value is -2.40. The van der Waals surface area contributed by atoms with Crippen LogP contribution in [0.5, 0.6) is 11.6 Å². The molecule has 0 fully saturated rings. The maximum atomic E-state index is 11.5. The SMILES string of the molecule is CNCc1ccc(Oc2ccc(C(=O)OC)c(C)n2)cc1. The zero-order valence-electron chi connectivity index (χ0n) is 12.3. The summed E-state index contributed by atoms with van der Waals surface area (Å²) < 4.78 is 10.4. The Labute approximate surface area is 123 Å². The fourth-order valence-corrected chi connectivity index (χ4v) is 1.92. The number of hydrogen-bond acceptors (Lipinski definition) is 5. The molecule has 0 amide bonds. The molecule has 1 N–H and O–H groups in total. The molecule has 2 aromatic rings. The fourth-order valence-electron chi connectivity index (χ4n) is 1.92. The standard InChI is InChI=1S/C16H18N2O3/c1-11-14(16(19)20-3)8-9-15(18-11)21-13-6-4-12(5-7-13)10-17-2/h4-9,17H,10H2,1-3H3. The van der Waals surface area contributed by atoms with Gasteiger partial charge in [-0.05, 0) is 37.7 Å². The number of rotatable bonds is 5. The monoisotopic (exact) mass is 286 g/mol. The summed E-state index contributed by atoms with van der Waals surface area (Å²) in [4.78, 5) is 15.8.